The zero-order chi connectivity index (χ0) is 18.5. The lowest BCUT2D eigenvalue weighted by Crippen LogP contribution is -2.75. The topological polar surface area (TPSA) is 82.8 Å². The van der Waals surface area contributed by atoms with Gasteiger partial charge in [0.25, 0.3) is 0 Å². The second-order valence-corrected chi connectivity index (χ2v) is 6.98. The van der Waals surface area contributed by atoms with Crippen LogP contribution in [-0.2, 0) is 9.53 Å². The van der Waals surface area contributed by atoms with E-state index in [1.165, 1.54) is 0 Å². The predicted octanol–water partition coefficient (Wildman–Crippen LogP) is 2.11. The van der Waals surface area contributed by atoms with Crippen molar-refractivity contribution in [2.24, 2.45) is 11.1 Å². The van der Waals surface area contributed by atoms with Crippen LogP contribution in [0.3, 0.4) is 0 Å². The quantitative estimate of drug-likeness (QED) is 0.667. The monoisotopic (exact) mass is 350 g/mol. The molecule has 1 amide bonds. The van der Waals surface area contributed by atoms with Gasteiger partial charge in [0.1, 0.15) is 17.0 Å². The molecule has 0 bridgehead atoms. The Kier molecular flexibility index (Phi) is 6.30. The van der Waals surface area contributed by atoms with Gasteiger partial charge in [-0.15, -0.1) is 0 Å². The number of benzene rings is 1. The Morgan fingerprint density at radius 3 is 2.72 bits per heavy atom. The molecule has 140 valence electrons. The molecule has 6 nitrogen and oxygen atoms in total. The standard InChI is InChI=1S/C19H30N2O4/c1-5-24-16-13-19(20,18(16,2)3)17(22)21-10-7-11-25-15-9-6-8-14(12-15)23-4/h6,8-9,12,16H,5,7,10-11,13,20H2,1-4H3,(H,21,22). The van der Waals surface area contributed by atoms with Crippen LogP contribution in [0.2, 0.25) is 0 Å². The van der Waals surface area contributed by atoms with Crippen molar-refractivity contribution in [3.8, 4) is 11.5 Å². The van der Waals surface area contributed by atoms with Gasteiger partial charge in [-0.2, -0.15) is 0 Å². The molecule has 2 rings (SSSR count). The number of hydrogen-bond acceptors (Lipinski definition) is 5. The van der Waals surface area contributed by atoms with Crippen molar-refractivity contribution >= 4 is 5.91 Å². The fraction of sp³-hybridized carbons (Fsp3) is 0.632. The molecule has 1 aromatic rings. The van der Waals surface area contributed by atoms with Crippen molar-refractivity contribution in [3.05, 3.63) is 24.3 Å². The van der Waals surface area contributed by atoms with Crippen molar-refractivity contribution < 1.29 is 19.0 Å². The molecule has 1 aliphatic carbocycles. The van der Waals surface area contributed by atoms with Crippen LogP contribution >= 0.6 is 0 Å². The predicted molar refractivity (Wildman–Crippen MR) is 96.8 cm³/mol. The van der Waals surface area contributed by atoms with Crippen molar-refractivity contribution in [1.82, 2.24) is 5.32 Å². The van der Waals surface area contributed by atoms with E-state index in [0.717, 1.165) is 11.5 Å². The highest BCUT2D eigenvalue weighted by Gasteiger charge is 2.62. The second-order valence-electron chi connectivity index (χ2n) is 6.98. The second kappa shape index (κ2) is 8.06. The summed E-state index contributed by atoms with van der Waals surface area (Å²) in [6.07, 6.45) is 1.29. The van der Waals surface area contributed by atoms with Gasteiger partial charge in [-0.3, -0.25) is 4.79 Å². The van der Waals surface area contributed by atoms with Gasteiger partial charge in [0.2, 0.25) is 5.91 Å². The van der Waals surface area contributed by atoms with Crippen LogP contribution < -0.4 is 20.5 Å². The molecule has 0 radical (unpaired) electrons. The van der Waals surface area contributed by atoms with Crippen molar-refractivity contribution in [2.45, 2.75) is 45.3 Å². The van der Waals surface area contributed by atoms with Gasteiger partial charge >= 0.3 is 0 Å². The summed E-state index contributed by atoms with van der Waals surface area (Å²) in [6.45, 7) is 7.60. The third-order valence-corrected chi connectivity index (χ3v) is 5.15. The van der Waals surface area contributed by atoms with E-state index >= 15 is 0 Å². The van der Waals surface area contributed by atoms with Gasteiger partial charge < -0.3 is 25.3 Å². The van der Waals surface area contributed by atoms with Gasteiger partial charge in [-0.05, 0) is 25.5 Å². The molecule has 2 atom stereocenters. The Morgan fingerprint density at radius 1 is 1.36 bits per heavy atom. The van der Waals surface area contributed by atoms with E-state index in [1.807, 2.05) is 45.0 Å². The first-order valence-corrected chi connectivity index (χ1v) is 8.80. The molecule has 1 aliphatic rings. The molecule has 1 aromatic carbocycles. The first-order valence-electron chi connectivity index (χ1n) is 8.80. The summed E-state index contributed by atoms with van der Waals surface area (Å²) in [5.74, 6) is 1.39. The summed E-state index contributed by atoms with van der Waals surface area (Å²) in [7, 11) is 1.62. The smallest absolute Gasteiger partial charge is 0.240 e. The maximum Gasteiger partial charge on any atom is 0.240 e. The molecule has 2 unspecified atom stereocenters. The summed E-state index contributed by atoms with van der Waals surface area (Å²) in [5, 5.41) is 2.93. The van der Waals surface area contributed by atoms with Crippen molar-refractivity contribution in [3.63, 3.8) is 0 Å². The molecule has 1 saturated carbocycles. The number of carbonyl (C=O) groups excluding carboxylic acids is 1. The lowest BCUT2D eigenvalue weighted by molar-refractivity contribution is -0.170. The largest absolute Gasteiger partial charge is 0.497 e. The third-order valence-electron chi connectivity index (χ3n) is 5.15. The van der Waals surface area contributed by atoms with Crippen LogP contribution in [0.25, 0.3) is 0 Å². The van der Waals surface area contributed by atoms with E-state index in [1.54, 1.807) is 7.11 Å². The number of hydrogen-bond donors (Lipinski definition) is 2. The lowest BCUT2D eigenvalue weighted by atomic mass is 9.54. The Labute approximate surface area is 150 Å². The SMILES string of the molecule is CCOC1CC(N)(C(=O)NCCCOc2cccc(OC)c2)C1(C)C. The minimum Gasteiger partial charge on any atom is -0.497 e. The number of methoxy groups -OCH3 is 1. The fourth-order valence-electron chi connectivity index (χ4n) is 3.13. The molecule has 0 aromatic heterocycles. The highest BCUT2D eigenvalue weighted by atomic mass is 16.5. The van der Waals surface area contributed by atoms with Crippen LogP contribution in [0.4, 0.5) is 0 Å². The number of nitrogens with two attached hydrogens (primary N) is 1. The highest BCUT2D eigenvalue weighted by Crippen LogP contribution is 2.49. The third kappa shape index (κ3) is 4.07. The zero-order valence-electron chi connectivity index (χ0n) is 15.6. The minimum atomic E-state index is -0.875. The molecule has 0 spiro atoms. The minimum absolute atomic E-state index is 0.0321. The van der Waals surface area contributed by atoms with E-state index in [-0.39, 0.29) is 17.4 Å². The maximum atomic E-state index is 12.5. The fourth-order valence-corrected chi connectivity index (χ4v) is 3.13. The Morgan fingerprint density at radius 2 is 2.08 bits per heavy atom. The summed E-state index contributed by atoms with van der Waals surface area (Å²) >= 11 is 0. The van der Waals surface area contributed by atoms with E-state index < -0.39 is 5.54 Å². The molecule has 0 aliphatic heterocycles. The molecule has 6 heteroatoms. The van der Waals surface area contributed by atoms with Crippen LogP contribution in [0.15, 0.2) is 24.3 Å². The van der Waals surface area contributed by atoms with Crippen LogP contribution in [0, 0.1) is 5.41 Å². The van der Waals surface area contributed by atoms with E-state index in [2.05, 4.69) is 5.32 Å². The maximum absolute atomic E-state index is 12.5. The van der Waals surface area contributed by atoms with Gasteiger partial charge in [0, 0.05) is 31.1 Å². The summed E-state index contributed by atoms with van der Waals surface area (Å²) < 4.78 is 16.5. The molecule has 1 fully saturated rings. The Hall–Kier alpha value is -1.79. The number of ether oxygens (including phenoxy) is 3. The first-order chi connectivity index (χ1) is 11.8. The summed E-state index contributed by atoms with van der Waals surface area (Å²) in [4.78, 5) is 12.5. The normalized spacial score (nSPS) is 24.3. The van der Waals surface area contributed by atoms with Crippen LogP contribution in [-0.4, -0.2) is 44.4 Å². The van der Waals surface area contributed by atoms with Gasteiger partial charge in [-0.1, -0.05) is 19.9 Å². The molecule has 25 heavy (non-hydrogen) atoms. The number of nitrogens with one attached hydrogen (secondary N) is 1. The molecule has 0 saturated heterocycles. The number of amides is 1. The average molecular weight is 350 g/mol. The first kappa shape index (κ1) is 19.5. The molecular formula is C19H30N2O4. The highest BCUT2D eigenvalue weighted by molar-refractivity contribution is 5.88. The van der Waals surface area contributed by atoms with Gasteiger partial charge in [-0.25, -0.2) is 0 Å². The Bertz CT molecular complexity index is 591. The molecule has 3 N–H and O–H groups in total. The van der Waals surface area contributed by atoms with E-state index in [0.29, 0.717) is 32.6 Å². The summed E-state index contributed by atoms with van der Waals surface area (Å²) in [6, 6.07) is 7.45. The Balaban J connectivity index is 1.72. The van der Waals surface area contributed by atoms with Crippen molar-refractivity contribution in [1.29, 1.82) is 0 Å². The number of rotatable bonds is 9. The zero-order valence-corrected chi connectivity index (χ0v) is 15.6. The molecular weight excluding hydrogens is 320 g/mol. The molecule has 0 heterocycles. The van der Waals surface area contributed by atoms with Gasteiger partial charge in [0.15, 0.2) is 0 Å². The van der Waals surface area contributed by atoms with E-state index in [9.17, 15) is 4.79 Å². The van der Waals surface area contributed by atoms with Crippen LogP contribution in [0.1, 0.15) is 33.6 Å². The lowest BCUT2D eigenvalue weighted by Gasteiger charge is -2.57. The number of carbonyl (C=O) groups is 1. The summed E-state index contributed by atoms with van der Waals surface area (Å²) in [5.41, 5.74) is 5.10. The van der Waals surface area contributed by atoms with Crippen molar-refractivity contribution in [2.75, 3.05) is 26.9 Å². The average Bonchev–Trinajstić information content (AvgIpc) is 2.61. The van der Waals surface area contributed by atoms with Gasteiger partial charge in [0.05, 0.1) is 19.8 Å². The van der Waals surface area contributed by atoms with Crippen LogP contribution in [0.5, 0.6) is 11.5 Å². The van der Waals surface area contributed by atoms with E-state index in [4.69, 9.17) is 19.9 Å².